The van der Waals surface area contributed by atoms with Gasteiger partial charge < -0.3 is 15.0 Å². The number of nitrogen functional groups attached to an aromatic ring is 1. The topological polar surface area (TPSA) is 70.1 Å². The van der Waals surface area contributed by atoms with E-state index in [4.69, 9.17) is 10.5 Å². The number of para-hydroxylation sites is 1. The summed E-state index contributed by atoms with van der Waals surface area (Å²) in [7, 11) is 0. The first-order valence-corrected chi connectivity index (χ1v) is 8.00. The maximum atomic E-state index is 12.3. The average molecular weight is 301 g/mol. The maximum Gasteiger partial charge on any atom is 0.326 e. The highest BCUT2D eigenvalue weighted by Crippen LogP contribution is 2.26. The fourth-order valence-corrected chi connectivity index (χ4v) is 3.15. The molecule has 1 aliphatic carbocycles. The van der Waals surface area contributed by atoms with E-state index < -0.39 is 0 Å². The van der Waals surface area contributed by atoms with Gasteiger partial charge in [-0.15, -0.1) is 0 Å². The zero-order valence-corrected chi connectivity index (χ0v) is 13.2. The Morgan fingerprint density at radius 1 is 1.41 bits per heavy atom. The first kappa shape index (κ1) is 14.9. The third-order valence-electron chi connectivity index (χ3n) is 4.24. The van der Waals surface area contributed by atoms with E-state index >= 15 is 0 Å². The predicted octanol–water partition coefficient (Wildman–Crippen LogP) is 3.23. The first-order chi connectivity index (χ1) is 10.6. The maximum absolute atomic E-state index is 12.3. The fraction of sp³-hybridized carbons (Fsp3) is 0.529. The number of rotatable bonds is 4. The molecule has 0 aliphatic heterocycles. The summed E-state index contributed by atoms with van der Waals surface area (Å²) in [6.07, 6.45) is 4.37. The van der Waals surface area contributed by atoms with Gasteiger partial charge >= 0.3 is 5.97 Å². The summed E-state index contributed by atoms with van der Waals surface area (Å²) in [5, 5.41) is 0. The van der Waals surface area contributed by atoms with Gasteiger partial charge in [0.2, 0.25) is 0 Å². The van der Waals surface area contributed by atoms with Crippen molar-refractivity contribution in [1.29, 1.82) is 0 Å². The summed E-state index contributed by atoms with van der Waals surface area (Å²) in [5.41, 5.74) is 8.31. The van der Waals surface area contributed by atoms with Crippen LogP contribution in [-0.2, 0) is 16.1 Å². The molecule has 1 aromatic carbocycles. The van der Waals surface area contributed by atoms with Crippen molar-refractivity contribution in [1.82, 2.24) is 9.55 Å². The molecule has 1 heterocycles. The van der Waals surface area contributed by atoms with Crippen LogP contribution in [0.15, 0.2) is 18.2 Å². The van der Waals surface area contributed by atoms with E-state index in [-0.39, 0.29) is 24.5 Å². The molecule has 3 rings (SSSR count). The first-order valence-electron chi connectivity index (χ1n) is 8.00. The van der Waals surface area contributed by atoms with Crippen LogP contribution in [0, 0.1) is 0 Å². The van der Waals surface area contributed by atoms with Crippen molar-refractivity contribution in [3.63, 3.8) is 0 Å². The Morgan fingerprint density at radius 2 is 2.14 bits per heavy atom. The molecular weight excluding hydrogens is 278 g/mol. The zero-order valence-electron chi connectivity index (χ0n) is 13.2. The van der Waals surface area contributed by atoms with Gasteiger partial charge in [0.05, 0.1) is 11.2 Å². The summed E-state index contributed by atoms with van der Waals surface area (Å²) < 4.78 is 7.52. The number of nitrogens with zero attached hydrogens (tertiary/aromatic N) is 2. The number of benzene rings is 1. The van der Waals surface area contributed by atoms with Crippen LogP contribution in [-0.4, -0.2) is 21.6 Å². The molecule has 5 heteroatoms. The standard InChI is InChI=1S/C17H23N3O2/c1-11(2)17-19-16-13(18)8-5-9-14(16)20(17)10-15(21)22-12-6-3-4-7-12/h5,8-9,11-12H,3-4,6-7,10,18H2,1-2H3. The van der Waals surface area contributed by atoms with Crippen molar-refractivity contribution in [2.75, 3.05) is 5.73 Å². The molecule has 1 aliphatic rings. The molecule has 1 saturated carbocycles. The van der Waals surface area contributed by atoms with Crippen LogP contribution in [0.3, 0.4) is 0 Å². The number of nitrogens with two attached hydrogens (primary N) is 1. The van der Waals surface area contributed by atoms with Gasteiger partial charge in [-0.3, -0.25) is 4.79 Å². The third-order valence-corrected chi connectivity index (χ3v) is 4.24. The van der Waals surface area contributed by atoms with Gasteiger partial charge in [-0.2, -0.15) is 0 Å². The van der Waals surface area contributed by atoms with Gasteiger partial charge in [-0.25, -0.2) is 4.98 Å². The average Bonchev–Trinajstić information content (AvgIpc) is 3.08. The lowest BCUT2D eigenvalue weighted by Crippen LogP contribution is -2.21. The number of carbonyl (C=O) groups excluding carboxylic acids is 1. The lowest BCUT2D eigenvalue weighted by Gasteiger charge is -2.14. The van der Waals surface area contributed by atoms with Crippen molar-refractivity contribution in [3.8, 4) is 0 Å². The van der Waals surface area contributed by atoms with Gasteiger partial charge in [-0.1, -0.05) is 19.9 Å². The minimum atomic E-state index is -0.185. The van der Waals surface area contributed by atoms with Crippen molar-refractivity contribution in [3.05, 3.63) is 24.0 Å². The highest BCUT2D eigenvalue weighted by Gasteiger charge is 2.22. The second-order valence-electron chi connectivity index (χ2n) is 6.32. The Bertz CT molecular complexity index is 685. The molecule has 0 atom stereocenters. The van der Waals surface area contributed by atoms with Gasteiger partial charge in [0.15, 0.2) is 0 Å². The molecule has 2 N–H and O–H groups in total. The van der Waals surface area contributed by atoms with Gasteiger partial charge in [-0.05, 0) is 37.8 Å². The monoisotopic (exact) mass is 301 g/mol. The minimum Gasteiger partial charge on any atom is -0.461 e. The Balaban J connectivity index is 1.89. The molecule has 1 aromatic heterocycles. The molecule has 0 radical (unpaired) electrons. The summed E-state index contributed by atoms with van der Waals surface area (Å²) in [6, 6.07) is 5.68. The van der Waals surface area contributed by atoms with Crippen LogP contribution in [0.4, 0.5) is 5.69 Å². The number of esters is 1. The van der Waals surface area contributed by atoms with E-state index in [1.165, 1.54) is 0 Å². The van der Waals surface area contributed by atoms with E-state index in [1.807, 2.05) is 22.8 Å². The highest BCUT2D eigenvalue weighted by atomic mass is 16.5. The zero-order chi connectivity index (χ0) is 15.7. The molecule has 22 heavy (non-hydrogen) atoms. The number of fused-ring (bicyclic) bond motifs is 1. The van der Waals surface area contributed by atoms with Gasteiger partial charge in [0.1, 0.15) is 24.0 Å². The van der Waals surface area contributed by atoms with Gasteiger partial charge in [0, 0.05) is 5.92 Å². The molecule has 118 valence electrons. The SMILES string of the molecule is CC(C)c1nc2c(N)cccc2n1CC(=O)OC1CCCC1. The summed E-state index contributed by atoms with van der Waals surface area (Å²) in [4.78, 5) is 16.9. The largest absolute Gasteiger partial charge is 0.461 e. The van der Waals surface area contributed by atoms with Crippen molar-refractivity contribution in [2.45, 2.75) is 58.1 Å². The van der Waals surface area contributed by atoms with Crippen molar-refractivity contribution in [2.24, 2.45) is 0 Å². The molecule has 0 saturated heterocycles. The van der Waals surface area contributed by atoms with Crippen LogP contribution < -0.4 is 5.73 Å². The normalized spacial score (nSPS) is 15.8. The molecule has 5 nitrogen and oxygen atoms in total. The van der Waals surface area contributed by atoms with Crippen LogP contribution in [0.2, 0.25) is 0 Å². The summed E-state index contributed by atoms with van der Waals surface area (Å²) in [6.45, 7) is 4.33. The molecule has 0 bridgehead atoms. The van der Waals surface area contributed by atoms with E-state index in [0.29, 0.717) is 5.69 Å². The molecule has 0 unspecified atom stereocenters. The summed E-state index contributed by atoms with van der Waals surface area (Å²) in [5.74, 6) is 0.901. The summed E-state index contributed by atoms with van der Waals surface area (Å²) >= 11 is 0. The second-order valence-corrected chi connectivity index (χ2v) is 6.32. The quantitative estimate of drug-likeness (QED) is 0.695. The third kappa shape index (κ3) is 2.80. The number of aromatic nitrogens is 2. The Hall–Kier alpha value is -2.04. The minimum absolute atomic E-state index is 0.0925. The molecule has 1 fully saturated rings. The fourth-order valence-electron chi connectivity index (χ4n) is 3.15. The molecule has 0 spiro atoms. The Morgan fingerprint density at radius 3 is 2.82 bits per heavy atom. The predicted molar refractivity (Wildman–Crippen MR) is 86.6 cm³/mol. The van der Waals surface area contributed by atoms with Crippen LogP contribution in [0.5, 0.6) is 0 Å². The number of ether oxygens (including phenoxy) is 1. The lowest BCUT2D eigenvalue weighted by molar-refractivity contribution is -0.149. The van der Waals surface area contributed by atoms with Gasteiger partial charge in [0.25, 0.3) is 0 Å². The lowest BCUT2D eigenvalue weighted by atomic mass is 10.2. The Labute approximate surface area is 130 Å². The number of hydrogen-bond donors (Lipinski definition) is 1. The Kier molecular flexibility index (Phi) is 4.05. The van der Waals surface area contributed by atoms with E-state index in [2.05, 4.69) is 18.8 Å². The number of imidazole rings is 1. The number of carbonyl (C=O) groups is 1. The van der Waals surface area contributed by atoms with Crippen LogP contribution in [0.1, 0.15) is 51.3 Å². The van der Waals surface area contributed by atoms with Crippen LogP contribution in [0.25, 0.3) is 11.0 Å². The molecular formula is C17H23N3O2. The smallest absolute Gasteiger partial charge is 0.326 e. The van der Waals surface area contributed by atoms with E-state index in [9.17, 15) is 4.79 Å². The number of hydrogen-bond acceptors (Lipinski definition) is 4. The second kappa shape index (κ2) is 5.99. The van der Waals surface area contributed by atoms with E-state index in [0.717, 1.165) is 42.5 Å². The van der Waals surface area contributed by atoms with Crippen molar-refractivity contribution >= 4 is 22.7 Å². The van der Waals surface area contributed by atoms with Crippen molar-refractivity contribution < 1.29 is 9.53 Å². The van der Waals surface area contributed by atoms with E-state index in [1.54, 1.807) is 0 Å². The number of anilines is 1. The molecule has 0 amide bonds. The van der Waals surface area contributed by atoms with Crippen LogP contribution >= 0.6 is 0 Å². The molecule has 2 aromatic rings. The highest BCUT2D eigenvalue weighted by molar-refractivity contribution is 5.88.